The smallest absolute Gasteiger partial charge is 0.234 e. The van der Waals surface area contributed by atoms with Crippen molar-refractivity contribution in [2.24, 2.45) is 7.05 Å². The average Bonchev–Trinajstić information content (AvgIpc) is 3.04. The molecule has 0 saturated carbocycles. The molecule has 2 amide bonds. The summed E-state index contributed by atoms with van der Waals surface area (Å²) < 4.78 is 1.74. The number of carbonyl (C=O) groups excluding carboxylic acids is 2. The lowest BCUT2D eigenvalue weighted by Crippen LogP contribution is -2.17. The second-order valence-electron chi connectivity index (χ2n) is 7.18. The number of nitrogens with zero attached hydrogens (tertiary/aromatic N) is 3. The van der Waals surface area contributed by atoms with E-state index in [0.29, 0.717) is 11.0 Å². The molecule has 0 atom stereocenters. The van der Waals surface area contributed by atoms with Crippen LogP contribution in [-0.4, -0.2) is 32.3 Å². The van der Waals surface area contributed by atoms with Gasteiger partial charge in [0.1, 0.15) is 5.82 Å². The van der Waals surface area contributed by atoms with Gasteiger partial charge in [-0.1, -0.05) is 35.5 Å². The zero-order chi connectivity index (χ0) is 21.7. The van der Waals surface area contributed by atoms with Gasteiger partial charge in [0.15, 0.2) is 5.16 Å². The molecule has 0 radical (unpaired) electrons. The van der Waals surface area contributed by atoms with Gasteiger partial charge < -0.3 is 15.2 Å². The van der Waals surface area contributed by atoms with E-state index in [1.165, 1.54) is 17.3 Å². The number of amides is 2. The van der Waals surface area contributed by atoms with E-state index < -0.39 is 0 Å². The van der Waals surface area contributed by atoms with E-state index in [2.05, 4.69) is 20.8 Å². The van der Waals surface area contributed by atoms with Crippen LogP contribution in [0.1, 0.15) is 22.5 Å². The molecule has 3 rings (SSSR count). The van der Waals surface area contributed by atoms with E-state index in [1.807, 2.05) is 63.2 Å². The van der Waals surface area contributed by atoms with Gasteiger partial charge in [-0.25, -0.2) is 0 Å². The molecule has 3 aromatic rings. The third kappa shape index (κ3) is 5.70. The number of benzene rings is 2. The number of aromatic nitrogens is 3. The first-order chi connectivity index (χ1) is 14.3. The Morgan fingerprint density at radius 1 is 0.900 bits per heavy atom. The van der Waals surface area contributed by atoms with E-state index in [-0.39, 0.29) is 24.0 Å². The maximum absolute atomic E-state index is 12.4. The molecule has 2 N–H and O–H groups in total. The zero-order valence-corrected chi connectivity index (χ0v) is 18.3. The van der Waals surface area contributed by atoms with Crippen LogP contribution in [0.5, 0.6) is 0 Å². The van der Waals surface area contributed by atoms with Gasteiger partial charge in [-0.3, -0.25) is 9.59 Å². The van der Waals surface area contributed by atoms with E-state index >= 15 is 0 Å². The summed E-state index contributed by atoms with van der Waals surface area (Å²) >= 11 is 1.28. The van der Waals surface area contributed by atoms with Crippen molar-refractivity contribution in [2.45, 2.75) is 32.3 Å². The molecule has 0 fully saturated rings. The Morgan fingerprint density at radius 3 is 2.27 bits per heavy atom. The predicted molar refractivity (Wildman–Crippen MR) is 120 cm³/mol. The summed E-state index contributed by atoms with van der Waals surface area (Å²) in [7, 11) is 1.79. The van der Waals surface area contributed by atoms with Crippen molar-refractivity contribution in [1.82, 2.24) is 14.8 Å². The lowest BCUT2D eigenvalue weighted by atomic mass is 10.1. The van der Waals surface area contributed by atoms with E-state index in [1.54, 1.807) is 11.6 Å². The molecule has 156 valence electrons. The number of thioether (sulfide) groups is 1. The number of anilines is 2. The SMILES string of the molecule is Cc1ccc(NC(=O)CSc2nnc(CC(=O)Nc3ccc(C)c(C)c3)n2C)cc1. The second kappa shape index (κ2) is 9.58. The number of aryl methyl sites for hydroxylation is 3. The van der Waals surface area contributed by atoms with E-state index in [9.17, 15) is 9.59 Å². The molecule has 0 bridgehead atoms. The molecule has 0 aliphatic carbocycles. The quantitative estimate of drug-likeness (QED) is 0.566. The Labute approximate surface area is 180 Å². The molecule has 7 nitrogen and oxygen atoms in total. The molecule has 0 spiro atoms. The second-order valence-corrected chi connectivity index (χ2v) is 8.13. The van der Waals surface area contributed by atoms with Gasteiger partial charge >= 0.3 is 0 Å². The predicted octanol–water partition coefficient (Wildman–Crippen LogP) is 3.65. The van der Waals surface area contributed by atoms with Crippen LogP contribution < -0.4 is 10.6 Å². The average molecular weight is 424 g/mol. The molecule has 0 aliphatic rings. The summed E-state index contributed by atoms with van der Waals surface area (Å²) in [5, 5.41) is 14.5. The lowest BCUT2D eigenvalue weighted by Gasteiger charge is -2.08. The van der Waals surface area contributed by atoms with Gasteiger partial charge in [0.25, 0.3) is 0 Å². The highest BCUT2D eigenvalue weighted by atomic mass is 32.2. The van der Waals surface area contributed by atoms with Crippen molar-refractivity contribution in [2.75, 3.05) is 16.4 Å². The van der Waals surface area contributed by atoms with E-state index in [4.69, 9.17) is 0 Å². The highest BCUT2D eigenvalue weighted by Crippen LogP contribution is 2.18. The summed E-state index contributed by atoms with van der Waals surface area (Å²) in [5.74, 6) is 0.454. The first kappa shape index (κ1) is 21.6. The number of hydrogen-bond donors (Lipinski definition) is 2. The van der Waals surface area contributed by atoms with Gasteiger partial charge in [-0.05, 0) is 56.2 Å². The van der Waals surface area contributed by atoms with Crippen molar-refractivity contribution < 1.29 is 9.59 Å². The van der Waals surface area contributed by atoms with Crippen LogP contribution in [0.3, 0.4) is 0 Å². The van der Waals surface area contributed by atoms with Crippen molar-refractivity contribution in [3.8, 4) is 0 Å². The van der Waals surface area contributed by atoms with Gasteiger partial charge in [0.05, 0.1) is 12.2 Å². The van der Waals surface area contributed by atoms with Crippen LogP contribution in [-0.2, 0) is 23.1 Å². The van der Waals surface area contributed by atoms with Gasteiger partial charge in [0, 0.05) is 18.4 Å². The van der Waals surface area contributed by atoms with Crippen LogP contribution in [0.15, 0.2) is 47.6 Å². The monoisotopic (exact) mass is 423 g/mol. The number of carbonyl (C=O) groups is 2. The molecule has 2 aromatic carbocycles. The maximum atomic E-state index is 12.4. The van der Waals surface area contributed by atoms with Crippen molar-refractivity contribution in [3.63, 3.8) is 0 Å². The molecule has 1 heterocycles. The van der Waals surface area contributed by atoms with Crippen LogP contribution in [0, 0.1) is 20.8 Å². The van der Waals surface area contributed by atoms with Crippen molar-refractivity contribution in [1.29, 1.82) is 0 Å². The Kier molecular flexibility index (Phi) is 6.89. The zero-order valence-electron chi connectivity index (χ0n) is 17.5. The Morgan fingerprint density at radius 2 is 1.57 bits per heavy atom. The van der Waals surface area contributed by atoms with Crippen molar-refractivity contribution >= 4 is 35.0 Å². The van der Waals surface area contributed by atoms with Crippen LogP contribution in [0.2, 0.25) is 0 Å². The highest BCUT2D eigenvalue weighted by Gasteiger charge is 2.15. The first-order valence-electron chi connectivity index (χ1n) is 9.56. The number of nitrogens with one attached hydrogen (secondary N) is 2. The largest absolute Gasteiger partial charge is 0.326 e. The van der Waals surface area contributed by atoms with Gasteiger partial charge in [0.2, 0.25) is 11.8 Å². The third-order valence-corrected chi connectivity index (χ3v) is 5.72. The number of rotatable bonds is 7. The Hall–Kier alpha value is -3.13. The first-order valence-corrected chi connectivity index (χ1v) is 10.5. The summed E-state index contributed by atoms with van der Waals surface area (Å²) in [6.07, 6.45) is 0.104. The maximum Gasteiger partial charge on any atom is 0.234 e. The molecule has 30 heavy (non-hydrogen) atoms. The fourth-order valence-corrected chi connectivity index (χ4v) is 3.49. The Bertz CT molecular complexity index is 1060. The van der Waals surface area contributed by atoms with E-state index in [0.717, 1.165) is 22.5 Å². The highest BCUT2D eigenvalue weighted by molar-refractivity contribution is 7.99. The molecule has 0 unspecified atom stereocenters. The minimum atomic E-state index is -0.164. The minimum absolute atomic E-state index is 0.104. The topological polar surface area (TPSA) is 88.9 Å². The number of hydrogen-bond acceptors (Lipinski definition) is 5. The standard InChI is InChI=1S/C22H25N5O2S/c1-14-5-8-17(9-6-14)23-21(29)13-30-22-26-25-19(27(22)4)12-20(28)24-18-10-7-15(2)16(3)11-18/h5-11H,12-13H2,1-4H3,(H,23,29)(H,24,28). The molecule has 0 aliphatic heterocycles. The van der Waals surface area contributed by atoms with Gasteiger partial charge in [-0.15, -0.1) is 10.2 Å². The summed E-state index contributed by atoms with van der Waals surface area (Å²) in [6, 6.07) is 13.4. The molecule has 1 aromatic heterocycles. The summed E-state index contributed by atoms with van der Waals surface area (Å²) in [4.78, 5) is 24.5. The Balaban J connectivity index is 1.53. The molecular formula is C22H25N5O2S. The molecular weight excluding hydrogens is 398 g/mol. The normalized spacial score (nSPS) is 10.7. The lowest BCUT2D eigenvalue weighted by molar-refractivity contribution is -0.116. The van der Waals surface area contributed by atoms with Crippen LogP contribution in [0.25, 0.3) is 0 Å². The third-order valence-electron chi connectivity index (χ3n) is 4.70. The fraction of sp³-hybridized carbons (Fsp3) is 0.273. The molecule has 8 heteroatoms. The van der Waals surface area contributed by atoms with Gasteiger partial charge in [-0.2, -0.15) is 0 Å². The summed E-state index contributed by atoms with van der Waals surface area (Å²) in [5.41, 5.74) is 4.94. The fourth-order valence-electron chi connectivity index (χ4n) is 2.76. The van der Waals surface area contributed by atoms with Crippen molar-refractivity contribution in [3.05, 3.63) is 65.0 Å². The molecule has 0 saturated heterocycles. The summed E-state index contributed by atoms with van der Waals surface area (Å²) in [6.45, 7) is 6.03. The minimum Gasteiger partial charge on any atom is -0.326 e. The van der Waals surface area contributed by atoms with Crippen LogP contribution in [0.4, 0.5) is 11.4 Å². The van der Waals surface area contributed by atoms with Crippen LogP contribution >= 0.6 is 11.8 Å².